The van der Waals surface area contributed by atoms with E-state index in [1.54, 1.807) is 0 Å². The highest BCUT2D eigenvalue weighted by atomic mass is 16.5. The number of hydrogen-bond donors (Lipinski definition) is 1. The fraction of sp³-hybridized carbons (Fsp3) is 1.00. The first kappa shape index (κ1) is 5.65. The van der Waals surface area contributed by atoms with Crippen LogP contribution in [0.4, 0.5) is 0 Å². The van der Waals surface area contributed by atoms with Crippen molar-refractivity contribution in [3.05, 3.63) is 0 Å². The van der Waals surface area contributed by atoms with Gasteiger partial charge in [0, 0.05) is 6.61 Å². The van der Waals surface area contributed by atoms with Crippen LogP contribution in [0.15, 0.2) is 0 Å². The summed E-state index contributed by atoms with van der Waals surface area (Å²) in [5.41, 5.74) is 3.11. The van der Waals surface area contributed by atoms with Crippen molar-refractivity contribution in [3.8, 4) is 0 Å². The summed E-state index contributed by atoms with van der Waals surface area (Å²) < 4.78 is 5.47. The zero-order valence-corrected chi connectivity index (χ0v) is 5.47. The number of hydrogen-bond acceptors (Lipinski definition) is 3. The van der Waals surface area contributed by atoms with Gasteiger partial charge in [-0.2, -0.15) is 5.01 Å². The lowest BCUT2D eigenvalue weighted by Gasteiger charge is -2.21. The molecule has 0 amide bonds. The SMILES string of the molecule is C1CCC(N2CN2)OC1. The molecular weight excluding hydrogens is 116 g/mol. The van der Waals surface area contributed by atoms with Crippen LogP contribution in [-0.4, -0.2) is 24.5 Å². The maximum atomic E-state index is 5.47. The third-order valence-corrected chi connectivity index (χ3v) is 1.84. The number of hydrazine groups is 1. The van der Waals surface area contributed by atoms with Crippen molar-refractivity contribution in [2.24, 2.45) is 0 Å². The predicted molar refractivity (Wildman–Crippen MR) is 33.4 cm³/mol. The molecule has 2 aliphatic rings. The van der Waals surface area contributed by atoms with Crippen molar-refractivity contribution in [2.75, 3.05) is 13.3 Å². The molecule has 0 spiro atoms. The van der Waals surface area contributed by atoms with Crippen LogP contribution >= 0.6 is 0 Å². The van der Waals surface area contributed by atoms with E-state index in [1.807, 2.05) is 0 Å². The molecule has 52 valence electrons. The van der Waals surface area contributed by atoms with E-state index in [9.17, 15) is 0 Å². The molecule has 0 aliphatic carbocycles. The van der Waals surface area contributed by atoms with E-state index in [4.69, 9.17) is 4.74 Å². The molecule has 2 unspecified atom stereocenters. The Morgan fingerprint density at radius 3 is 2.89 bits per heavy atom. The summed E-state index contributed by atoms with van der Waals surface area (Å²) in [6.07, 6.45) is 4.15. The monoisotopic (exact) mass is 128 g/mol. The minimum atomic E-state index is 0.388. The summed E-state index contributed by atoms with van der Waals surface area (Å²) in [4.78, 5) is 0. The van der Waals surface area contributed by atoms with Crippen LogP contribution in [0.2, 0.25) is 0 Å². The molecule has 2 heterocycles. The average Bonchev–Trinajstić information content (AvgIpc) is 2.71. The largest absolute Gasteiger partial charge is 0.362 e. The Balaban J connectivity index is 1.80. The summed E-state index contributed by atoms with van der Waals surface area (Å²) in [5.74, 6) is 0. The second kappa shape index (κ2) is 2.25. The van der Waals surface area contributed by atoms with Crippen LogP contribution in [0.25, 0.3) is 0 Å². The van der Waals surface area contributed by atoms with Crippen LogP contribution in [0.1, 0.15) is 19.3 Å². The molecule has 2 fully saturated rings. The molecule has 0 aromatic rings. The lowest BCUT2D eigenvalue weighted by molar-refractivity contribution is -0.0470. The van der Waals surface area contributed by atoms with E-state index < -0.39 is 0 Å². The minimum absolute atomic E-state index is 0.388. The van der Waals surface area contributed by atoms with Gasteiger partial charge in [-0.15, -0.1) is 0 Å². The van der Waals surface area contributed by atoms with Crippen molar-refractivity contribution in [1.82, 2.24) is 10.4 Å². The first-order chi connectivity index (χ1) is 4.47. The van der Waals surface area contributed by atoms with Gasteiger partial charge in [0.1, 0.15) is 6.23 Å². The van der Waals surface area contributed by atoms with Crippen LogP contribution < -0.4 is 5.43 Å². The van der Waals surface area contributed by atoms with Gasteiger partial charge >= 0.3 is 0 Å². The van der Waals surface area contributed by atoms with Gasteiger partial charge in [0.15, 0.2) is 0 Å². The Kier molecular flexibility index (Phi) is 1.41. The van der Waals surface area contributed by atoms with Crippen LogP contribution in [-0.2, 0) is 4.74 Å². The second-order valence-corrected chi connectivity index (χ2v) is 2.61. The third-order valence-electron chi connectivity index (χ3n) is 1.84. The standard InChI is InChI=1S/C6H12N2O/c1-2-4-9-6(3-1)8-5-7-8/h6-7H,1-5H2. The second-order valence-electron chi connectivity index (χ2n) is 2.61. The van der Waals surface area contributed by atoms with Crippen molar-refractivity contribution in [1.29, 1.82) is 0 Å². The highest BCUT2D eigenvalue weighted by molar-refractivity contribution is 4.69. The topological polar surface area (TPSA) is 34.2 Å². The van der Waals surface area contributed by atoms with Gasteiger partial charge in [0.2, 0.25) is 0 Å². The Bertz CT molecular complexity index is 97.2. The third kappa shape index (κ3) is 1.23. The number of ether oxygens (including phenoxy) is 1. The van der Waals surface area contributed by atoms with E-state index in [1.165, 1.54) is 19.3 Å². The zero-order chi connectivity index (χ0) is 6.10. The summed E-state index contributed by atoms with van der Waals surface area (Å²) >= 11 is 0. The average molecular weight is 128 g/mol. The molecule has 0 radical (unpaired) electrons. The first-order valence-corrected chi connectivity index (χ1v) is 3.58. The molecule has 0 bridgehead atoms. The smallest absolute Gasteiger partial charge is 0.124 e. The normalized spacial score (nSPS) is 42.7. The van der Waals surface area contributed by atoms with E-state index >= 15 is 0 Å². The molecule has 0 aromatic carbocycles. The van der Waals surface area contributed by atoms with Gasteiger partial charge in [-0.25, -0.2) is 5.43 Å². The Morgan fingerprint density at radius 2 is 2.33 bits per heavy atom. The highest BCUT2D eigenvalue weighted by Gasteiger charge is 2.28. The van der Waals surface area contributed by atoms with Crippen LogP contribution in [0, 0.1) is 0 Å². The summed E-state index contributed by atoms with van der Waals surface area (Å²) in [5, 5.41) is 2.14. The fourth-order valence-corrected chi connectivity index (χ4v) is 1.21. The van der Waals surface area contributed by atoms with E-state index in [2.05, 4.69) is 10.4 Å². The highest BCUT2D eigenvalue weighted by Crippen LogP contribution is 2.17. The molecule has 2 aliphatic heterocycles. The maximum Gasteiger partial charge on any atom is 0.124 e. The van der Waals surface area contributed by atoms with E-state index in [-0.39, 0.29) is 0 Å². The minimum Gasteiger partial charge on any atom is -0.362 e. The van der Waals surface area contributed by atoms with Gasteiger partial charge in [0.25, 0.3) is 0 Å². The maximum absolute atomic E-state index is 5.47. The zero-order valence-electron chi connectivity index (χ0n) is 5.47. The first-order valence-electron chi connectivity index (χ1n) is 3.58. The predicted octanol–water partition coefficient (Wildman–Crippen LogP) is 0.291. The summed E-state index contributed by atoms with van der Waals surface area (Å²) in [7, 11) is 0. The molecule has 3 nitrogen and oxygen atoms in total. The Morgan fingerprint density at radius 1 is 1.44 bits per heavy atom. The van der Waals surface area contributed by atoms with Crippen molar-refractivity contribution < 1.29 is 4.74 Å². The number of nitrogens with one attached hydrogen (secondary N) is 1. The lowest BCUT2D eigenvalue weighted by Crippen LogP contribution is -2.28. The molecule has 2 rings (SSSR count). The molecule has 0 saturated carbocycles. The lowest BCUT2D eigenvalue weighted by atomic mass is 10.2. The molecule has 9 heavy (non-hydrogen) atoms. The number of rotatable bonds is 1. The summed E-state index contributed by atoms with van der Waals surface area (Å²) in [6, 6.07) is 0. The summed E-state index contributed by atoms with van der Waals surface area (Å²) in [6.45, 7) is 1.97. The molecular formula is C6H12N2O. The van der Waals surface area contributed by atoms with Gasteiger partial charge in [-0.1, -0.05) is 0 Å². The van der Waals surface area contributed by atoms with Gasteiger partial charge < -0.3 is 4.74 Å². The quantitative estimate of drug-likeness (QED) is 0.515. The molecule has 1 N–H and O–H groups in total. The van der Waals surface area contributed by atoms with Gasteiger partial charge in [0.05, 0.1) is 6.67 Å². The van der Waals surface area contributed by atoms with Crippen molar-refractivity contribution in [2.45, 2.75) is 25.5 Å². The molecule has 2 atom stereocenters. The van der Waals surface area contributed by atoms with Crippen LogP contribution in [0.5, 0.6) is 0 Å². The fourth-order valence-electron chi connectivity index (χ4n) is 1.21. The molecule has 0 aromatic heterocycles. The Hall–Kier alpha value is -0.120. The van der Waals surface area contributed by atoms with Crippen molar-refractivity contribution >= 4 is 0 Å². The van der Waals surface area contributed by atoms with Crippen LogP contribution in [0.3, 0.4) is 0 Å². The van der Waals surface area contributed by atoms with Gasteiger partial charge in [-0.05, 0) is 19.3 Å². The van der Waals surface area contributed by atoms with E-state index in [0.717, 1.165) is 13.3 Å². The van der Waals surface area contributed by atoms with Gasteiger partial charge in [-0.3, -0.25) is 0 Å². The number of nitrogens with zero attached hydrogens (tertiary/aromatic N) is 1. The molecule has 3 heteroatoms. The van der Waals surface area contributed by atoms with Crippen molar-refractivity contribution in [3.63, 3.8) is 0 Å². The van der Waals surface area contributed by atoms with E-state index in [0.29, 0.717) is 6.23 Å². The molecule has 2 saturated heterocycles. The Labute approximate surface area is 54.9 Å².